The van der Waals surface area contributed by atoms with Gasteiger partial charge in [-0.25, -0.2) is 22.7 Å². The van der Waals surface area contributed by atoms with E-state index in [-0.39, 0.29) is 4.90 Å². The zero-order valence-corrected chi connectivity index (χ0v) is 19.6. The van der Waals surface area contributed by atoms with Crippen molar-refractivity contribution in [2.45, 2.75) is 16.7 Å². The van der Waals surface area contributed by atoms with E-state index in [0.29, 0.717) is 14.9 Å². The fourth-order valence-electron chi connectivity index (χ4n) is 2.45. The zero-order chi connectivity index (χ0) is 19.4. The van der Waals surface area contributed by atoms with Gasteiger partial charge in [0.1, 0.15) is 11.2 Å². The smallest absolute Gasteiger partial charge is 0.243 e. The molecule has 140 valence electrons. The number of benzene rings is 2. The first-order chi connectivity index (χ1) is 12.9. The molecule has 0 saturated carbocycles. The van der Waals surface area contributed by atoms with Gasteiger partial charge in [0.2, 0.25) is 0 Å². The van der Waals surface area contributed by atoms with Crippen LogP contribution in [0, 0.1) is 3.57 Å². The van der Waals surface area contributed by atoms with Gasteiger partial charge in [0, 0.05) is 12.9 Å². The Hall–Kier alpha value is -1.17. The summed E-state index contributed by atoms with van der Waals surface area (Å²) in [4.78, 5) is 9.29. The molecule has 9 heteroatoms. The normalized spacial score (nSPS) is 11.4. The SMILES string of the molecule is CCSc1ccc(N(c2cncnc2)S(=O)(=O)c2ccc(Br)cc2I)cc1. The van der Waals surface area contributed by atoms with E-state index >= 15 is 0 Å². The monoisotopic (exact) mass is 575 g/mol. The number of hydrogen-bond donors (Lipinski definition) is 0. The Labute approximate surface area is 184 Å². The summed E-state index contributed by atoms with van der Waals surface area (Å²) in [6, 6.07) is 12.5. The van der Waals surface area contributed by atoms with E-state index in [4.69, 9.17) is 0 Å². The predicted octanol–water partition coefficient (Wildman–Crippen LogP) is 5.48. The maximum absolute atomic E-state index is 13.5. The van der Waals surface area contributed by atoms with Crippen LogP contribution in [0.1, 0.15) is 6.92 Å². The lowest BCUT2D eigenvalue weighted by Gasteiger charge is -2.24. The van der Waals surface area contributed by atoms with E-state index in [1.807, 2.05) is 34.7 Å². The summed E-state index contributed by atoms with van der Waals surface area (Å²) in [7, 11) is -3.86. The van der Waals surface area contributed by atoms with Crippen molar-refractivity contribution < 1.29 is 8.42 Å². The minimum atomic E-state index is -3.86. The van der Waals surface area contributed by atoms with E-state index in [1.54, 1.807) is 42.1 Å². The topological polar surface area (TPSA) is 63.2 Å². The number of sulfonamides is 1. The average Bonchev–Trinajstić information content (AvgIpc) is 2.64. The highest BCUT2D eigenvalue weighted by atomic mass is 127. The van der Waals surface area contributed by atoms with Crippen LogP contribution < -0.4 is 4.31 Å². The van der Waals surface area contributed by atoms with Gasteiger partial charge in [0.15, 0.2) is 0 Å². The van der Waals surface area contributed by atoms with Crippen LogP contribution in [0.15, 0.2) is 75.4 Å². The molecule has 0 spiro atoms. The number of rotatable bonds is 6. The van der Waals surface area contributed by atoms with Gasteiger partial charge in [-0.2, -0.15) is 0 Å². The van der Waals surface area contributed by atoms with E-state index < -0.39 is 10.0 Å². The first-order valence-corrected chi connectivity index (χ1v) is 12.2. The van der Waals surface area contributed by atoms with E-state index in [1.165, 1.54) is 23.0 Å². The molecule has 2 aromatic carbocycles. The van der Waals surface area contributed by atoms with Crippen LogP contribution in [0.25, 0.3) is 0 Å². The molecule has 0 unspecified atom stereocenters. The van der Waals surface area contributed by atoms with E-state index in [9.17, 15) is 8.42 Å². The van der Waals surface area contributed by atoms with E-state index in [2.05, 4.69) is 32.8 Å². The number of anilines is 2. The summed E-state index contributed by atoms with van der Waals surface area (Å²) >= 11 is 7.11. The maximum atomic E-state index is 13.5. The lowest BCUT2D eigenvalue weighted by molar-refractivity contribution is 0.595. The second-order valence-electron chi connectivity index (χ2n) is 5.37. The van der Waals surface area contributed by atoms with Crippen molar-refractivity contribution in [2.75, 3.05) is 10.1 Å². The van der Waals surface area contributed by atoms with Crippen LogP contribution in [-0.4, -0.2) is 24.1 Å². The lowest BCUT2D eigenvalue weighted by Crippen LogP contribution is -2.27. The summed E-state index contributed by atoms with van der Waals surface area (Å²) in [6.07, 6.45) is 4.36. The molecule has 0 amide bonds. The van der Waals surface area contributed by atoms with Gasteiger partial charge in [-0.15, -0.1) is 11.8 Å². The van der Waals surface area contributed by atoms with Gasteiger partial charge >= 0.3 is 0 Å². The molecule has 3 rings (SSSR count). The van der Waals surface area contributed by atoms with Gasteiger partial charge in [0.05, 0.1) is 23.8 Å². The van der Waals surface area contributed by atoms with Gasteiger partial charge in [-0.05, 0) is 70.8 Å². The molecular weight excluding hydrogens is 561 g/mol. The van der Waals surface area contributed by atoms with Gasteiger partial charge in [0.25, 0.3) is 10.0 Å². The third-order valence-corrected chi connectivity index (χ3v) is 8.04. The zero-order valence-electron chi connectivity index (χ0n) is 14.2. The Morgan fingerprint density at radius 1 is 1.07 bits per heavy atom. The number of aromatic nitrogens is 2. The quantitative estimate of drug-likeness (QED) is 0.287. The average molecular weight is 576 g/mol. The molecule has 0 saturated heterocycles. The molecule has 0 N–H and O–H groups in total. The van der Waals surface area contributed by atoms with E-state index in [0.717, 1.165) is 15.1 Å². The molecule has 0 aliphatic rings. The summed E-state index contributed by atoms with van der Waals surface area (Å²) < 4.78 is 29.8. The molecule has 0 aliphatic carbocycles. The third-order valence-electron chi connectivity index (χ3n) is 3.58. The number of thioether (sulfide) groups is 1. The Morgan fingerprint density at radius 3 is 2.33 bits per heavy atom. The minimum absolute atomic E-state index is 0.224. The number of hydrogen-bond acceptors (Lipinski definition) is 5. The summed E-state index contributed by atoms with van der Waals surface area (Å²) in [5, 5.41) is 0. The lowest BCUT2D eigenvalue weighted by atomic mass is 10.3. The summed E-state index contributed by atoms with van der Waals surface area (Å²) in [5.74, 6) is 0.949. The molecule has 5 nitrogen and oxygen atoms in total. The van der Waals surface area contributed by atoms with Crippen LogP contribution in [0.3, 0.4) is 0 Å². The van der Waals surface area contributed by atoms with Crippen LogP contribution in [-0.2, 0) is 10.0 Å². The van der Waals surface area contributed by atoms with Crippen molar-refractivity contribution in [2.24, 2.45) is 0 Å². The molecule has 0 aliphatic heterocycles. The first kappa shape index (κ1) is 20.6. The Balaban J connectivity index is 2.15. The Bertz CT molecular complexity index is 1030. The molecule has 1 aromatic heterocycles. The van der Waals surface area contributed by atoms with Gasteiger partial charge < -0.3 is 0 Å². The second-order valence-corrected chi connectivity index (χ2v) is 10.5. The maximum Gasteiger partial charge on any atom is 0.269 e. The first-order valence-electron chi connectivity index (χ1n) is 7.91. The summed E-state index contributed by atoms with van der Waals surface area (Å²) in [6.45, 7) is 2.08. The fourth-order valence-corrected chi connectivity index (χ4v) is 6.76. The van der Waals surface area contributed by atoms with Crippen LogP contribution >= 0.6 is 50.3 Å². The Kier molecular flexibility index (Phi) is 6.77. The number of halogens is 2. The van der Waals surface area contributed by atoms with Crippen LogP contribution in [0.4, 0.5) is 11.4 Å². The molecule has 0 radical (unpaired) electrons. The van der Waals surface area contributed by atoms with Crippen molar-refractivity contribution >= 4 is 71.7 Å². The molecular formula is C18H15BrIN3O2S2. The number of nitrogens with zero attached hydrogens (tertiary/aromatic N) is 3. The largest absolute Gasteiger partial charge is 0.269 e. The molecule has 0 bridgehead atoms. The molecule has 0 atom stereocenters. The van der Waals surface area contributed by atoms with Crippen molar-refractivity contribution in [1.29, 1.82) is 0 Å². The molecule has 3 aromatic rings. The second kappa shape index (κ2) is 8.89. The molecule has 0 fully saturated rings. The minimum Gasteiger partial charge on any atom is -0.243 e. The van der Waals surface area contributed by atoms with Crippen molar-refractivity contribution in [3.63, 3.8) is 0 Å². The third kappa shape index (κ3) is 4.64. The van der Waals surface area contributed by atoms with Crippen molar-refractivity contribution in [1.82, 2.24) is 9.97 Å². The highest BCUT2D eigenvalue weighted by Gasteiger charge is 2.29. The molecule has 1 heterocycles. The van der Waals surface area contributed by atoms with Crippen molar-refractivity contribution in [3.05, 3.63) is 69.2 Å². The highest BCUT2D eigenvalue weighted by Crippen LogP contribution is 2.35. The summed E-state index contributed by atoms with van der Waals surface area (Å²) in [5.41, 5.74) is 0.913. The van der Waals surface area contributed by atoms with Gasteiger partial charge in [-0.1, -0.05) is 22.9 Å². The van der Waals surface area contributed by atoms with Gasteiger partial charge in [-0.3, -0.25) is 0 Å². The Morgan fingerprint density at radius 2 is 1.74 bits per heavy atom. The van der Waals surface area contributed by atoms with Crippen LogP contribution in [0.5, 0.6) is 0 Å². The standard InChI is InChI=1S/C18H15BrIN3O2S2/c1-2-26-16-6-4-14(5-7-16)23(15-10-21-12-22-11-15)27(24,25)18-8-3-13(19)9-17(18)20/h3-12H,2H2,1H3. The highest BCUT2D eigenvalue weighted by molar-refractivity contribution is 14.1. The fraction of sp³-hybridized carbons (Fsp3) is 0.111. The van der Waals surface area contributed by atoms with Crippen molar-refractivity contribution in [3.8, 4) is 0 Å². The predicted molar refractivity (Wildman–Crippen MR) is 121 cm³/mol. The van der Waals surface area contributed by atoms with Crippen LogP contribution in [0.2, 0.25) is 0 Å². The molecule has 27 heavy (non-hydrogen) atoms.